The highest BCUT2D eigenvalue weighted by Crippen LogP contribution is 2.14. The van der Waals surface area contributed by atoms with Crippen LogP contribution >= 0.6 is 15.9 Å². The van der Waals surface area contributed by atoms with Gasteiger partial charge in [0.15, 0.2) is 0 Å². The van der Waals surface area contributed by atoms with Crippen LogP contribution in [-0.4, -0.2) is 36.6 Å². The summed E-state index contributed by atoms with van der Waals surface area (Å²) in [6.45, 7) is 3.39. The predicted molar refractivity (Wildman–Crippen MR) is 95.5 cm³/mol. The molecule has 0 unspecified atom stereocenters. The van der Waals surface area contributed by atoms with E-state index in [-0.39, 0.29) is 11.8 Å². The zero-order chi connectivity index (χ0) is 17.5. The molecule has 0 saturated carbocycles. The molecule has 2 N–H and O–H groups in total. The first kappa shape index (κ1) is 18.1. The van der Waals surface area contributed by atoms with E-state index in [0.717, 1.165) is 4.47 Å². The molecular weight excluding hydrogens is 374 g/mol. The number of nitrogens with one attached hydrogen (secondary N) is 2. The van der Waals surface area contributed by atoms with Crippen molar-refractivity contribution in [2.45, 2.75) is 13.5 Å². The molecule has 2 aromatic rings. The molecule has 0 radical (unpaired) electrons. The van der Waals surface area contributed by atoms with Crippen LogP contribution < -0.4 is 15.4 Å². The van der Waals surface area contributed by atoms with E-state index >= 15 is 0 Å². The van der Waals surface area contributed by atoms with Gasteiger partial charge in [0.25, 0.3) is 11.8 Å². The molecule has 1 aromatic heterocycles. The maximum atomic E-state index is 12.1. The minimum Gasteiger partial charge on any atom is -0.497 e. The van der Waals surface area contributed by atoms with Crippen LogP contribution in [0.15, 0.2) is 41.0 Å². The molecule has 0 fully saturated rings. The van der Waals surface area contributed by atoms with Crippen LogP contribution in [-0.2, 0) is 6.54 Å². The van der Waals surface area contributed by atoms with Crippen molar-refractivity contribution in [3.63, 3.8) is 0 Å². The summed E-state index contributed by atoms with van der Waals surface area (Å²) in [6.07, 6.45) is 1.86. The highest BCUT2D eigenvalue weighted by molar-refractivity contribution is 9.10. The molecule has 1 heterocycles. The van der Waals surface area contributed by atoms with Crippen molar-refractivity contribution in [1.82, 2.24) is 15.2 Å². The second-order valence-electron chi connectivity index (χ2n) is 5.07. The SMILES string of the molecule is CCn1cc(Br)cc1C(=O)NCCNC(=O)c1ccc(OC)cc1. The summed E-state index contributed by atoms with van der Waals surface area (Å²) >= 11 is 3.36. The fourth-order valence-corrected chi connectivity index (χ4v) is 2.68. The van der Waals surface area contributed by atoms with Crippen molar-refractivity contribution >= 4 is 27.7 Å². The van der Waals surface area contributed by atoms with Gasteiger partial charge >= 0.3 is 0 Å². The van der Waals surface area contributed by atoms with E-state index in [2.05, 4.69) is 26.6 Å². The summed E-state index contributed by atoms with van der Waals surface area (Å²) in [6, 6.07) is 8.62. The van der Waals surface area contributed by atoms with Gasteiger partial charge in [-0.3, -0.25) is 9.59 Å². The first-order chi connectivity index (χ1) is 11.5. The smallest absolute Gasteiger partial charge is 0.268 e. The molecule has 0 atom stereocenters. The second-order valence-corrected chi connectivity index (χ2v) is 5.99. The Morgan fingerprint density at radius 1 is 1.12 bits per heavy atom. The Morgan fingerprint density at radius 3 is 2.33 bits per heavy atom. The van der Waals surface area contributed by atoms with Gasteiger partial charge < -0.3 is 19.9 Å². The summed E-state index contributed by atoms with van der Waals surface area (Å²) in [7, 11) is 1.57. The number of carbonyl (C=O) groups is 2. The number of aryl methyl sites for hydroxylation is 1. The minimum atomic E-state index is -0.188. The number of benzene rings is 1. The number of methoxy groups -OCH3 is 1. The number of rotatable bonds is 7. The third-order valence-electron chi connectivity index (χ3n) is 3.48. The van der Waals surface area contributed by atoms with Gasteiger partial charge in [0.05, 0.1) is 7.11 Å². The Labute approximate surface area is 149 Å². The van der Waals surface area contributed by atoms with E-state index in [1.807, 2.05) is 17.7 Å². The lowest BCUT2D eigenvalue weighted by Crippen LogP contribution is -2.35. The summed E-state index contributed by atoms with van der Waals surface area (Å²) in [5.74, 6) is 0.344. The quantitative estimate of drug-likeness (QED) is 0.709. The molecule has 128 valence electrons. The normalized spacial score (nSPS) is 10.3. The van der Waals surface area contributed by atoms with Gasteiger partial charge in [-0.25, -0.2) is 0 Å². The lowest BCUT2D eigenvalue weighted by molar-refractivity contribution is 0.0922. The molecule has 2 rings (SSSR count). The number of aromatic nitrogens is 1. The largest absolute Gasteiger partial charge is 0.497 e. The van der Waals surface area contributed by atoms with E-state index in [1.165, 1.54) is 0 Å². The topological polar surface area (TPSA) is 72.4 Å². The number of hydrogen-bond donors (Lipinski definition) is 2. The Morgan fingerprint density at radius 2 is 1.75 bits per heavy atom. The average Bonchev–Trinajstić information content (AvgIpc) is 2.99. The van der Waals surface area contributed by atoms with Crippen LogP contribution in [0.25, 0.3) is 0 Å². The number of halogens is 1. The maximum absolute atomic E-state index is 12.1. The Hall–Kier alpha value is -2.28. The van der Waals surface area contributed by atoms with Crippen molar-refractivity contribution in [3.8, 4) is 5.75 Å². The van der Waals surface area contributed by atoms with Gasteiger partial charge in [0.2, 0.25) is 0 Å². The molecule has 7 heteroatoms. The van der Waals surface area contributed by atoms with Crippen LogP contribution in [0, 0.1) is 0 Å². The molecule has 24 heavy (non-hydrogen) atoms. The number of ether oxygens (including phenoxy) is 1. The van der Waals surface area contributed by atoms with Crippen LogP contribution in [0.5, 0.6) is 5.75 Å². The van der Waals surface area contributed by atoms with Gasteiger partial charge in [-0.05, 0) is 53.2 Å². The van der Waals surface area contributed by atoms with Crippen LogP contribution in [0.4, 0.5) is 0 Å². The van der Waals surface area contributed by atoms with Crippen LogP contribution in [0.3, 0.4) is 0 Å². The molecule has 0 bridgehead atoms. The number of amides is 2. The molecule has 0 aliphatic carbocycles. The van der Waals surface area contributed by atoms with E-state index < -0.39 is 0 Å². The van der Waals surface area contributed by atoms with Gasteiger partial charge in [0, 0.05) is 35.9 Å². The molecule has 2 amide bonds. The predicted octanol–water partition coefficient (Wildman–Crippen LogP) is 2.44. The van der Waals surface area contributed by atoms with E-state index in [0.29, 0.717) is 36.6 Å². The number of carbonyl (C=O) groups excluding carboxylic acids is 2. The summed E-state index contributed by atoms with van der Waals surface area (Å²) < 4.78 is 7.77. The average molecular weight is 394 g/mol. The first-order valence-corrected chi connectivity index (χ1v) is 8.40. The molecule has 0 aliphatic rings. The van der Waals surface area contributed by atoms with Crippen LogP contribution in [0.1, 0.15) is 27.8 Å². The van der Waals surface area contributed by atoms with Gasteiger partial charge in [-0.15, -0.1) is 0 Å². The summed E-state index contributed by atoms with van der Waals surface area (Å²) in [5, 5.41) is 5.56. The van der Waals surface area contributed by atoms with Gasteiger partial charge in [-0.2, -0.15) is 0 Å². The molecule has 0 saturated heterocycles. The first-order valence-electron chi connectivity index (χ1n) is 7.61. The maximum Gasteiger partial charge on any atom is 0.268 e. The van der Waals surface area contributed by atoms with Gasteiger partial charge in [-0.1, -0.05) is 0 Å². The van der Waals surface area contributed by atoms with E-state index in [4.69, 9.17) is 4.74 Å². The lowest BCUT2D eigenvalue weighted by Gasteiger charge is -2.09. The van der Waals surface area contributed by atoms with Crippen molar-refractivity contribution in [2.75, 3.05) is 20.2 Å². The van der Waals surface area contributed by atoms with Crippen molar-refractivity contribution < 1.29 is 14.3 Å². The Bertz CT molecular complexity index is 710. The third kappa shape index (κ3) is 4.61. The van der Waals surface area contributed by atoms with Gasteiger partial charge in [0.1, 0.15) is 11.4 Å². The summed E-state index contributed by atoms with van der Waals surface area (Å²) in [4.78, 5) is 24.1. The Balaban J connectivity index is 1.79. The monoisotopic (exact) mass is 393 g/mol. The standard InChI is InChI=1S/C17H20BrN3O3/c1-3-21-11-13(18)10-15(21)17(23)20-9-8-19-16(22)12-4-6-14(24-2)7-5-12/h4-7,10-11H,3,8-9H2,1-2H3,(H,19,22)(H,20,23). The molecule has 0 aliphatic heterocycles. The fourth-order valence-electron chi connectivity index (χ4n) is 2.21. The third-order valence-corrected chi connectivity index (χ3v) is 3.92. The van der Waals surface area contributed by atoms with Crippen molar-refractivity contribution in [2.24, 2.45) is 0 Å². The zero-order valence-electron chi connectivity index (χ0n) is 13.6. The number of hydrogen-bond acceptors (Lipinski definition) is 3. The van der Waals surface area contributed by atoms with E-state index in [1.54, 1.807) is 37.4 Å². The molecule has 1 aromatic carbocycles. The zero-order valence-corrected chi connectivity index (χ0v) is 15.2. The minimum absolute atomic E-state index is 0.166. The van der Waals surface area contributed by atoms with Crippen LogP contribution in [0.2, 0.25) is 0 Å². The lowest BCUT2D eigenvalue weighted by atomic mass is 10.2. The highest BCUT2D eigenvalue weighted by Gasteiger charge is 2.12. The second kappa shape index (κ2) is 8.54. The summed E-state index contributed by atoms with van der Waals surface area (Å²) in [5.41, 5.74) is 1.14. The Kier molecular flexibility index (Phi) is 6.43. The van der Waals surface area contributed by atoms with E-state index in [9.17, 15) is 9.59 Å². The molecular formula is C17H20BrN3O3. The molecule has 0 spiro atoms. The molecule has 6 nitrogen and oxygen atoms in total. The number of nitrogens with zero attached hydrogens (tertiary/aromatic N) is 1. The highest BCUT2D eigenvalue weighted by atomic mass is 79.9. The van der Waals surface area contributed by atoms with Crippen molar-refractivity contribution in [3.05, 3.63) is 52.3 Å². The fraction of sp³-hybridized carbons (Fsp3) is 0.294. The van der Waals surface area contributed by atoms with Crippen molar-refractivity contribution in [1.29, 1.82) is 0 Å².